The van der Waals surface area contributed by atoms with Crippen molar-refractivity contribution >= 4 is 11.9 Å². The van der Waals surface area contributed by atoms with Gasteiger partial charge in [0.25, 0.3) is 5.91 Å². The van der Waals surface area contributed by atoms with E-state index in [1.807, 2.05) is 0 Å². The highest BCUT2D eigenvalue weighted by molar-refractivity contribution is 5.95. The number of likely N-dealkylation sites (N-methyl/N-ethyl adjacent to an activating group) is 1. The molecule has 5 nitrogen and oxygen atoms in total. The van der Waals surface area contributed by atoms with Crippen LogP contribution in [-0.2, 0) is 4.79 Å². The van der Waals surface area contributed by atoms with Crippen molar-refractivity contribution < 1.29 is 19.1 Å². The van der Waals surface area contributed by atoms with E-state index in [4.69, 9.17) is 9.52 Å². The van der Waals surface area contributed by atoms with Crippen molar-refractivity contribution in [3.05, 3.63) is 23.7 Å². The molecule has 0 radical (unpaired) electrons. The maximum atomic E-state index is 12.0. The number of carboxylic acids is 1. The van der Waals surface area contributed by atoms with E-state index in [0.717, 1.165) is 0 Å². The van der Waals surface area contributed by atoms with Crippen LogP contribution in [0.3, 0.4) is 0 Å². The van der Waals surface area contributed by atoms with Crippen LogP contribution in [0.5, 0.6) is 0 Å². The second kappa shape index (κ2) is 5.03. The van der Waals surface area contributed by atoms with Gasteiger partial charge in [-0.1, -0.05) is 13.8 Å². The number of nitrogens with zero attached hydrogens (tertiary/aromatic N) is 1. The maximum absolute atomic E-state index is 12.0. The average molecular weight is 239 g/mol. The molecule has 0 aromatic carbocycles. The molecule has 1 rings (SSSR count). The highest BCUT2D eigenvalue weighted by Crippen LogP contribution is 2.16. The number of furan rings is 1. The standard InChI is InChI=1S/C12H17NO4/c1-7(2)9(12(15)16)13(4)11(14)10-8(3)5-6-17-10/h5-7,9H,1-4H3,(H,15,16). The number of hydrogen-bond acceptors (Lipinski definition) is 3. The number of rotatable bonds is 4. The van der Waals surface area contributed by atoms with E-state index in [1.54, 1.807) is 26.8 Å². The topological polar surface area (TPSA) is 70.8 Å². The van der Waals surface area contributed by atoms with Crippen molar-refractivity contribution in [1.82, 2.24) is 4.90 Å². The Balaban J connectivity index is 2.96. The second-order valence-electron chi connectivity index (χ2n) is 4.38. The number of carbonyl (C=O) groups excluding carboxylic acids is 1. The van der Waals surface area contributed by atoms with Crippen molar-refractivity contribution in [3.63, 3.8) is 0 Å². The van der Waals surface area contributed by atoms with E-state index in [0.29, 0.717) is 5.56 Å². The van der Waals surface area contributed by atoms with Gasteiger partial charge in [-0.3, -0.25) is 4.79 Å². The molecular formula is C12H17NO4. The van der Waals surface area contributed by atoms with E-state index in [-0.39, 0.29) is 11.7 Å². The highest BCUT2D eigenvalue weighted by Gasteiger charge is 2.31. The molecule has 0 saturated heterocycles. The number of carbonyl (C=O) groups is 2. The van der Waals surface area contributed by atoms with Gasteiger partial charge in [-0.2, -0.15) is 0 Å². The minimum Gasteiger partial charge on any atom is -0.480 e. The Morgan fingerprint density at radius 3 is 2.35 bits per heavy atom. The first-order valence-corrected chi connectivity index (χ1v) is 5.40. The predicted molar refractivity (Wildman–Crippen MR) is 61.8 cm³/mol. The minimum absolute atomic E-state index is 0.170. The first-order chi connectivity index (χ1) is 7.86. The Kier molecular flexibility index (Phi) is 3.93. The molecule has 1 aromatic heterocycles. The van der Waals surface area contributed by atoms with Gasteiger partial charge >= 0.3 is 5.97 Å². The molecule has 1 N–H and O–H groups in total. The Labute approximate surface area is 100 Å². The third-order valence-corrected chi connectivity index (χ3v) is 2.68. The molecule has 1 unspecified atom stereocenters. The Bertz CT molecular complexity index is 422. The fourth-order valence-corrected chi connectivity index (χ4v) is 1.78. The second-order valence-corrected chi connectivity index (χ2v) is 4.38. The van der Waals surface area contributed by atoms with Gasteiger partial charge in [0.05, 0.1) is 6.26 Å². The smallest absolute Gasteiger partial charge is 0.326 e. The molecule has 0 aliphatic carbocycles. The lowest BCUT2D eigenvalue weighted by atomic mass is 10.0. The van der Waals surface area contributed by atoms with E-state index < -0.39 is 17.9 Å². The lowest BCUT2D eigenvalue weighted by molar-refractivity contribution is -0.143. The summed E-state index contributed by atoms with van der Waals surface area (Å²) < 4.78 is 5.07. The number of hydrogen-bond donors (Lipinski definition) is 1. The van der Waals surface area contributed by atoms with E-state index in [1.165, 1.54) is 18.2 Å². The zero-order valence-electron chi connectivity index (χ0n) is 10.4. The first-order valence-electron chi connectivity index (χ1n) is 5.40. The van der Waals surface area contributed by atoms with Gasteiger partial charge in [-0.15, -0.1) is 0 Å². The molecule has 0 saturated carbocycles. The summed E-state index contributed by atoms with van der Waals surface area (Å²) in [6.45, 7) is 5.27. The van der Waals surface area contributed by atoms with E-state index in [2.05, 4.69) is 0 Å². The Morgan fingerprint density at radius 1 is 1.41 bits per heavy atom. The van der Waals surface area contributed by atoms with Gasteiger partial charge in [0.2, 0.25) is 0 Å². The van der Waals surface area contributed by atoms with Crippen LogP contribution in [-0.4, -0.2) is 35.0 Å². The van der Waals surface area contributed by atoms with Gasteiger partial charge in [0.15, 0.2) is 5.76 Å². The van der Waals surface area contributed by atoms with Gasteiger partial charge in [0, 0.05) is 12.6 Å². The molecule has 0 bridgehead atoms. The summed E-state index contributed by atoms with van der Waals surface area (Å²) >= 11 is 0. The fraction of sp³-hybridized carbons (Fsp3) is 0.500. The number of amides is 1. The summed E-state index contributed by atoms with van der Waals surface area (Å²) in [6.07, 6.45) is 1.42. The molecule has 1 amide bonds. The van der Waals surface area contributed by atoms with Crippen LogP contribution in [0.4, 0.5) is 0 Å². The molecule has 0 spiro atoms. The first kappa shape index (κ1) is 13.3. The average Bonchev–Trinajstić information content (AvgIpc) is 2.62. The predicted octanol–water partition coefficient (Wildman–Crippen LogP) is 1.77. The Morgan fingerprint density at radius 2 is 2.00 bits per heavy atom. The number of carboxylic acid groups (broad SMARTS) is 1. The quantitative estimate of drug-likeness (QED) is 0.869. The van der Waals surface area contributed by atoms with Crippen LogP contribution < -0.4 is 0 Å². The van der Waals surface area contributed by atoms with Gasteiger partial charge in [-0.25, -0.2) is 4.79 Å². The zero-order chi connectivity index (χ0) is 13.2. The lowest BCUT2D eigenvalue weighted by Crippen LogP contribution is -2.45. The van der Waals surface area contributed by atoms with Crippen molar-refractivity contribution in [2.45, 2.75) is 26.8 Å². The highest BCUT2D eigenvalue weighted by atomic mass is 16.4. The Hall–Kier alpha value is -1.78. The molecule has 1 heterocycles. The van der Waals surface area contributed by atoms with Crippen LogP contribution in [0.15, 0.2) is 16.7 Å². The van der Waals surface area contributed by atoms with Crippen molar-refractivity contribution in [2.75, 3.05) is 7.05 Å². The third-order valence-electron chi connectivity index (χ3n) is 2.68. The van der Waals surface area contributed by atoms with Crippen molar-refractivity contribution in [1.29, 1.82) is 0 Å². The molecular weight excluding hydrogens is 222 g/mol. The SMILES string of the molecule is Cc1ccoc1C(=O)N(C)C(C(=O)O)C(C)C. The summed E-state index contributed by atoms with van der Waals surface area (Å²) in [4.78, 5) is 24.4. The molecule has 1 aromatic rings. The van der Waals surface area contributed by atoms with Crippen LogP contribution in [0.2, 0.25) is 0 Å². The zero-order valence-corrected chi connectivity index (χ0v) is 10.4. The molecule has 94 valence electrons. The summed E-state index contributed by atoms with van der Waals surface area (Å²) in [5.41, 5.74) is 0.703. The van der Waals surface area contributed by atoms with Crippen molar-refractivity contribution in [2.24, 2.45) is 5.92 Å². The molecule has 0 fully saturated rings. The molecule has 17 heavy (non-hydrogen) atoms. The molecule has 0 aliphatic rings. The number of aliphatic carboxylic acids is 1. The maximum Gasteiger partial charge on any atom is 0.326 e. The van der Waals surface area contributed by atoms with Crippen LogP contribution in [0, 0.1) is 12.8 Å². The largest absolute Gasteiger partial charge is 0.480 e. The summed E-state index contributed by atoms with van der Waals surface area (Å²) in [7, 11) is 1.48. The van der Waals surface area contributed by atoms with Crippen LogP contribution in [0.25, 0.3) is 0 Å². The molecule has 5 heteroatoms. The van der Waals surface area contributed by atoms with E-state index >= 15 is 0 Å². The normalized spacial score (nSPS) is 12.5. The fourth-order valence-electron chi connectivity index (χ4n) is 1.78. The molecule has 1 atom stereocenters. The van der Waals surface area contributed by atoms with E-state index in [9.17, 15) is 9.59 Å². The monoisotopic (exact) mass is 239 g/mol. The van der Waals surface area contributed by atoms with Crippen LogP contribution >= 0.6 is 0 Å². The summed E-state index contributed by atoms with van der Waals surface area (Å²) in [5.74, 6) is -1.40. The third kappa shape index (κ3) is 2.67. The number of aryl methyl sites for hydroxylation is 1. The van der Waals surface area contributed by atoms with Gasteiger partial charge in [-0.05, 0) is 18.9 Å². The van der Waals surface area contributed by atoms with Gasteiger partial charge in [0.1, 0.15) is 6.04 Å². The lowest BCUT2D eigenvalue weighted by Gasteiger charge is -2.27. The molecule has 0 aliphatic heterocycles. The summed E-state index contributed by atoms with van der Waals surface area (Å²) in [5, 5.41) is 9.11. The van der Waals surface area contributed by atoms with Gasteiger partial charge < -0.3 is 14.4 Å². The minimum atomic E-state index is -1.01. The summed E-state index contributed by atoms with van der Waals surface area (Å²) in [6, 6.07) is 0.818. The van der Waals surface area contributed by atoms with Crippen LogP contribution in [0.1, 0.15) is 30.0 Å². The van der Waals surface area contributed by atoms with Crippen molar-refractivity contribution in [3.8, 4) is 0 Å².